The second-order valence-corrected chi connectivity index (χ2v) is 5.61. The fourth-order valence-electron chi connectivity index (χ4n) is 2.62. The lowest BCUT2D eigenvalue weighted by atomic mass is 9.95. The van der Waals surface area contributed by atoms with Gasteiger partial charge in [-0.2, -0.15) is 4.98 Å². The van der Waals surface area contributed by atoms with Gasteiger partial charge in [0.15, 0.2) is 0 Å². The molecule has 1 saturated heterocycles. The van der Waals surface area contributed by atoms with Crippen molar-refractivity contribution in [2.24, 2.45) is 0 Å². The number of aryl methyl sites for hydroxylation is 1. The molecule has 8 nitrogen and oxygen atoms in total. The number of nitro groups is 1. The number of piperidine rings is 1. The van der Waals surface area contributed by atoms with Crippen LogP contribution in [0.5, 0.6) is 0 Å². The third kappa shape index (κ3) is 3.38. The first-order chi connectivity index (χ1) is 9.84. The summed E-state index contributed by atoms with van der Waals surface area (Å²) in [4.78, 5) is 21.1. The first-order valence-electron chi connectivity index (χ1n) is 7.08. The second kappa shape index (κ2) is 5.80. The Morgan fingerprint density at radius 3 is 2.81 bits per heavy atom. The predicted octanol–water partition coefficient (Wildman–Crippen LogP) is 1.48. The largest absolute Gasteiger partial charge is 0.388 e. The Kier molecular flexibility index (Phi) is 4.26. The molecule has 0 radical (unpaired) electrons. The van der Waals surface area contributed by atoms with Crippen molar-refractivity contribution in [2.75, 3.05) is 29.9 Å². The minimum Gasteiger partial charge on any atom is -0.388 e. The highest BCUT2D eigenvalue weighted by molar-refractivity contribution is 5.62. The van der Waals surface area contributed by atoms with Gasteiger partial charge in [-0.15, -0.1) is 0 Å². The average Bonchev–Trinajstić information content (AvgIpc) is 2.36. The summed E-state index contributed by atoms with van der Waals surface area (Å²) in [6, 6.07) is 0. The smallest absolute Gasteiger partial charge is 0.332 e. The SMILES string of the molecule is CCNc1nc(C)c([N+](=O)[O-])c(N2CCCC(C)(O)C2)n1. The van der Waals surface area contributed by atoms with E-state index in [-0.39, 0.29) is 11.5 Å². The first kappa shape index (κ1) is 15.4. The highest BCUT2D eigenvalue weighted by Crippen LogP contribution is 2.33. The van der Waals surface area contributed by atoms with Crippen molar-refractivity contribution in [1.82, 2.24) is 9.97 Å². The summed E-state index contributed by atoms with van der Waals surface area (Å²) in [7, 11) is 0. The molecule has 2 rings (SSSR count). The molecular weight excluding hydrogens is 274 g/mol. The minimum absolute atomic E-state index is 0.0886. The van der Waals surface area contributed by atoms with Gasteiger partial charge < -0.3 is 15.3 Å². The number of aliphatic hydroxyl groups is 1. The maximum atomic E-state index is 11.3. The van der Waals surface area contributed by atoms with E-state index in [1.54, 1.807) is 18.7 Å². The Balaban J connectivity index is 2.46. The molecular formula is C13H21N5O3. The highest BCUT2D eigenvalue weighted by Gasteiger charge is 2.34. The number of hydrogen-bond donors (Lipinski definition) is 2. The van der Waals surface area contributed by atoms with Gasteiger partial charge in [-0.3, -0.25) is 10.1 Å². The van der Waals surface area contributed by atoms with Gasteiger partial charge in [0.1, 0.15) is 5.69 Å². The monoisotopic (exact) mass is 295 g/mol. The normalized spacial score (nSPS) is 22.2. The fourth-order valence-corrected chi connectivity index (χ4v) is 2.62. The van der Waals surface area contributed by atoms with E-state index in [2.05, 4.69) is 15.3 Å². The number of aromatic nitrogens is 2. The molecule has 116 valence electrons. The number of β-amino-alcohol motifs (C(OH)–C–C–N with tert-alkyl or cyclic N) is 1. The Morgan fingerprint density at radius 1 is 1.52 bits per heavy atom. The minimum atomic E-state index is -0.858. The topological polar surface area (TPSA) is 104 Å². The Hall–Kier alpha value is -1.96. The first-order valence-corrected chi connectivity index (χ1v) is 7.08. The van der Waals surface area contributed by atoms with Crippen molar-refractivity contribution in [1.29, 1.82) is 0 Å². The summed E-state index contributed by atoms with van der Waals surface area (Å²) in [5, 5.41) is 24.5. The van der Waals surface area contributed by atoms with Crippen LogP contribution in [0.1, 0.15) is 32.4 Å². The Bertz CT molecular complexity index is 547. The van der Waals surface area contributed by atoms with Gasteiger partial charge in [0.05, 0.1) is 10.5 Å². The number of rotatable bonds is 4. The lowest BCUT2D eigenvalue weighted by Crippen LogP contribution is -2.46. The molecule has 2 heterocycles. The molecule has 1 aliphatic rings. The zero-order valence-electron chi connectivity index (χ0n) is 12.6. The van der Waals surface area contributed by atoms with E-state index in [0.29, 0.717) is 37.7 Å². The number of hydrogen-bond acceptors (Lipinski definition) is 7. The van der Waals surface area contributed by atoms with Crippen LogP contribution in [-0.2, 0) is 0 Å². The molecule has 8 heteroatoms. The molecule has 21 heavy (non-hydrogen) atoms. The summed E-state index contributed by atoms with van der Waals surface area (Å²) in [5.74, 6) is 0.657. The van der Waals surface area contributed by atoms with Crippen molar-refractivity contribution in [2.45, 2.75) is 39.2 Å². The predicted molar refractivity (Wildman–Crippen MR) is 79.7 cm³/mol. The summed E-state index contributed by atoms with van der Waals surface area (Å²) in [5.41, 5.74) is -0.621. The van der Waals surface area contributed by atoms with E-state index < -0.39 is 10.5 Å². The number of nitrogens with one attached hydrogen (secondary N) is 1. The zero-order chi connectivity index (χ0) is 15.6. The third-order valence-electron chi connectivity index (χ3n) is 3.53. The Morgan fingerprint density at radius 2 is 2.24 bits per heavy atom. The number of nitrogens with zero attached hydrogens (tertiary/aromatic N) is 4. The van der Waals surface area contributed by atoms with E-state index in [1.165, 1.54) is 0 Å². The van der Waals surface area contributed by atoms with Crippen molar-refractivity contribution in [3.05, 3.63) is 15.8 Å². The molecule has 0 amide bonds. The molecule has 1 aliphatic heterocycles. The van der Waals surface area contributed by atoms with Gasteiger partial charge in [-0.25, -0.2) is 4.98 Å². The molecule has 2 N–H and O–H groups in total. The molecule has 0 spiro atoms. The third-order valence-corrected chi connectivity index (χ3v) is 3.53. The van der Waals surface area contributed by atoms with Gasteiger partial charge in [-0.05, 0) is 33.6 Å². The second-order valence-electron chi connectivity index (χ2n) is 5.61. The van der Waals surface area contributed by atoms with Crippen LogP contribution in [0.25, 0.3) is 0 Å². The zero-order valence-corrected chi connectivity index (χ0v) is 12.6. The molecule has 1 unspecified atom stereocenters. The van der Waals surface area contributed by atoms with Gasteiger partial charge in [-0.1, -0.05) is 0 Å². The quantitative estimate of drug-likeness (QED) is 0.640. The molecule has 1 aromatic heterocycles. The maximum absolute atomic E-state index is 11.3. The van der Waals surface area contributed by atoms with Crippen LogP contribution in [-0.4, -0.2) is 45.2 Å². The number of anilines is 2. The van der Waals surface area contributed by atoms with Gasteiger partial charge in [0.25, 0.3) is 0 Å². The van der Waals surface area contributed by atoms with Gasteiger partial charge >= 0.3 is 5.69 Å². The summed E-state index contributed by atoms with van der Waals surface area (Å²) in [6.45, 7) is 6.85. The van der Waals surface area contributed by atoms with Crippen molar-refractivity contribution >= 4 is 17.5 Å². The molecule has 0 saturated carbocycles. The van der Waals surface area contributed by atoms with Crippen LogP contribution < -0.4 is 10.2 Å². The highest BCUT2D eigenvalue weighted by atomic mass is 16.6. The molecule has 1 aromatic rings. The average molecular weight is 295 g/mol. The summed E-state index contributed by atoms with van der Waals surface area (Å²) < 4.78 is 0. The molecule has 0 aromatic carbocycles. The summed E-state index contributed by atoms with van der Waals surface area (Å²) >= 11 is 0. The van der Waals surface area contributed by atoms with E-state index in [4.69, 9.17) is 0 Å². The molecule has 1 atom stereocenters. The van der Waals surface area contributed by atoms with Crippen LogP contribution in [0, 0.1) is 17.0 Å². The van der Waals surface area contributed by atoms with Crippen molar-refractivity contribution in [3.8, 4) is 0 Å². The van der Waals surface area contributed by atoms with Crippen molar-refractivity contribution < 1.29 is 10.0 Å². The summed E-state index contributed by atoms with van der Waals surface area (Å²) in [6.07, 6.45) is 1.45. The van der Waals surface area contributed by atoms with Crippen LogP contribution in [0.2, 0.25) is 0 Å². The molecule has 0 aliphatic carbocycles. The van der Waals surface area contributed by atoms with E-state index in [1.807, 2.05) is 6.92 Å². The fraction of sp³-hybridized carbons (Fsp3) is 0.692. The van der Waals surface area contributed by atoms with Gasteiger partial charge in [0, 0.05) is 19.6 Å². The van der Waals surface area contributed by atoms with Gasteiger partial charge in [0.2, 0.25) is 11.8 Å². The van der Waals surface area contributed by atoms with Crippen molar-refractivity contribution in [3.63, 3.8) is 0 Å². The molecule has 0 bridgehead atoms. The van der Waals surface area contributed by atoms with E-state index in [0.717, 1.165) is 6.42 Å². The van der Waals surface area contributed by atoms with Crippen LogP contribution in [0.15, 0.2) is 0 Å². The van der Waals surface area contributed by atoms with E-state index >= 15 is 0 Å². The maximum Gasteiger partial charge on any atom is 0.332 e. The lowest BCUT2D eigenvalue weighted by molar-refractivity contribution is -0.385. The standard InChI is InChI=1S/C13H21N5O3/c1-4-14-12-15-9(2)10(18(20)21)11(16-12)17-7-5-6-13(3,19)8-17/h19H,4-8H2,1-3H3,(H,14,15,16). The Labute approximate surface area is 123 Å². The molecule has 1 fully saturated rings. The van der Waals surface area contributed by atoms with E-state index in [9.17, 15) is 15.2 Å². The lowest BCUT2D eigenvalue weighted by Gasteiger charge is -2.37. The van der Waals surface area contributed by atoms with Crippen LogP contribution in [0.4, 0.5) is 17.5 Å². The van der Waals surface area contributed by atoms with Crippen LogP contribution >= 0.6 is 0 Å². The van der Waals surface area contributed by atoms with Crippen LogP contribution in [0.3, 0.4) is 0 Å².